The first-order chi connectivity index (χ1) is 12.3. The summed E-state index contributed by atoms with van der Waals surface area (Å²) in [6.07, 6.45) is 0. The van der Waals surface area contributed by atoms with Gasteiger partial charge in [0, 0.05) is 22.3 Å². The van der Waals surface area contributed by atoms with Gasteiger partial charge in [-0.15, -0.1) is 0 Å². The van der Waals surface area contributed by atoms with Gasteiger partial charge in [-0.2, -0.15) is 0 Å². The molecule has 2 aliphatic rings. The van der Waals surface area contributed by atoms with Crippen molar-refractivity contribution in [3.05, 3.63) is 34.4 Å². The zero-order valence-corrected chi connectivity index (χ0v) is 14.2. The Morgan fingerprint density at radius 2 is 0.962 bits per heavy atom. The van der Waals surface area contributed by atoms with Crippen molar-refractivity contribution < 1.29 is 28.8 Å². The Labute approximate surface area is 148 Å². The van der Waals surface area contributed by atoms with E-state index in [-0.39, 0.29) is 35.3 Å². The molecule has 26 heavy (non-hydrogen) atoms. The zero-order chi connectivity index (χ0) is 19.2. The van der Waals surface area contributed by atoms with Gasteiger partial charge < -0.3 is 10.6 Å². The molecule has 0 heterocycles. The summed E-state index contributed by atoms with van der Waals surface area (Å²) in [6, 6.07) is 2.34. The van der Waals surface area contributed by atoms with E-state index >= 15 is 0 Å². The number of fused-ring (bicyclic) bond motifs is 2. The van der Waals surface area contributed by atoms with Crippen LogP contribution >= 0.6 is 0 Å². The maximum atomic E-state index is 12.5. The van der Waals surface area contributed by atoms with Crippen molar-refractivity contribution in [2.75, 3.05) is 27.2 Å². The van der Waals surface area contributed by atoms with Crippen LogP contribution in [0.3, 0.4) is 0 Å². The summed E-state index contributed by atoms with van der Waals surface area (Å²) >= 11 is 0. The number of Topliss-reactive ketones (excluding diaryl/α,β-unsaturated/α-hetero) is 6. The van der Waals surface area contributed by atoms with Gasteiger partial charge in [0.25, 0.3) is 0 Å². The Hall–Kier alpha value is -2.84. The zero-order valence-electron chi connectivity index (χ0n) is 14.2. The van der Waals surface area contributed by atoms with Crippen molar-refractivity contribution in [3.8, 4) is 0 Å². The number of hydrogen-bond acceptors (Lipinski definition) is 8. The molecule has 0 spiro atoms. The molecule has 0 aliphatic heterocycles. The van der Waals surface area contributed by atoms with Gasteiger partial charge in [-0.05, 0) is 26.2 Å². The smallest absolute Gasteiger partial charge is 0.181 e. The van der Waals surface area contributed by atoms with Gasteiger partial charge in [0.15, 0.2) is 34.7 Å². The number of nitrogens with one attached hydrogen (secondary N) is 2. The third kappa shape index (κ3) is 2.46. The van der Waals surface area contributed by atoms with Crippen LogP contribution in [-0.2, 0) is 9.59 Å². The van der Waals surface area contributed by atoms with E-state index < -0.39 is 46.5 Å². The molecule has 8 nitrogen and oxygen atoms in total. The predicted molar refractivity (Wildman–Crippen MR) is 88.6 cm³/mol. The van der Waals surface area contributed by atoms with Crippen molar-refractivity contribution in [2.45, 2.75) is 0 Å². The Morgan fingerprint density at radius 3 is 1.19 bits per heavy atom. The van der Waals surface area contributed by atoms with Gasteiger partial charge in [-0.3, -0.25) is 28.8 Å². The van der Waals surface area contributed by atoms with Crippen LogP contribution in [0.1, 0.15) is 41.4 Å². The molecular weight excluding hydrogens is 340 g/mol. The Morgan fingerprint density at radius 1 is 0.692 bits per heavy atom. The second-order valence-corrected chi connectivity index (χ2v) is 6.26. The van der Waals surface area contributed by atoms with Crippen molar-refractivity contribution in [1.82, 2.24) is 10.6 Å². The first kappa shape index (κ1) is 18.0. The van der Waals surface area contributed by atoms with Crippen molar-refractivity contribution >= 4 is 34.7 Å². The molecule has 2 aliphatic carbocycles. The number of carbonyl (C=O) groups excluding carboxylic acids is 6. The summed E-state index contributed by atoms with van der Waals surface area (Å²) in [7, 11) is 3.03. The third-order valence-electron chi connectivity index (χ3n) is 4.61. The molecule has 0 radical (unpaired) electrons. The molecule has 0 fully saturated rings. The maximum absolute atomic E-state index is 12.5. The third-order valence-corrected chi connectivity index (χ3v) is 4.61. The highest BCUT2D eigenvalue weighted by Crippen LogP contribution is 2.35. The number of rotatable bonds is 6. The van der Waals surface area contributed by atoms with Crippen LogP contribution in [0.15, 0.2) is 12.1 Å². The summed E-state index contributed by atoms with van der Waals surface area (Å²) in [6.45, 7) is -0.289. The lowest BCUT2D eigenvalue weighted by atomic mass is 9.97. The summed E-state index contributed by atoms with van der Waals surface area (Å²) in [5.74, 6) is -6.77. The van der Waals surface area contributed by atoms with E-state index in [0.29, 0.717) is 0 Å². The molecule has 0 atom stereocenters. The van der Waals surface area contributed by atoms with Crippen LogP contribution in [0.25, 0.3) is 0 Å². The Balaban J connectivity index is 2.03. The molecule has 1 aromatic carbocycles. The van der Waals surface area contributed by atoms with Gasteiger partial charge in [-0.1, -0.05) is 0 Å². The minimum absolute atomic E-state index is 0.0499. The molecular formula is C18H16N2O6. The van der Waals surface area contributed by atoms with Crippen molar-refractivity contribution in [3.63, 3.8) is 0 Å². The summed E-state index contributed by atoms with van der Waals surface area (Å²) in [5.41, 5.74) is -0.200. The second-order valence-electron chi connectivity index (χ2n) is 6.26. The van der Waals surface area contributed by atoms with Crippen molar-refractivity contribution in [2.24, 2.45) is 11.8 Å². The maximum Gasteiger partial charge on any atom is 0.181 e. The Bertz CT molecular complexity index is 777. The fourth-order valence-corrected chi connectivity index (χ4v) is 3.41. The molecule has 0 saturated carbocycles. The summed E-state index contributed by atoms with van der Waals surface area (Å²) in [4.78, 5) is 74.0. The van der Waals surface area contributed by atoms with E-state index in [1.54, 1.807) is 0 Å². The largest absolute Gasteiger partial charge is 0.313 e. The van der Waals surface area contributed by atoms with Crippen LogP contribution in [0, 0.1) is 11.8 Å². The number of likely N-dealkylation sites (N-methyl/N-ethyl adjacent to an activating group) is 2. The molecule has 0 saturated heterocycles. The van der Waals surface area contributed by atoms with Gasteiger partial charge in [0.05, 0.1) is 13.1 Å². The molecule has 134 valence electrons. The highest BCUT2D eigenvalue weighted by Gasteiger charge is 2.48. The average molecular weight is 356 g/mol. The Kier molecular flexibility index (Phi) is 4.47. The highest BCUT2D eigenvalue weighted by molar-refractivity contribution is 6.40. The average Bonchev–Trinajstić information content (AvgIpc) is 2.98. The lowest BCUT2D eigenvalue weighted by molar-refractivity contribution is -0.120. The van der Waals surface area contributed by atoms with E-state index in [4.69, 9.17) is 0 Å². The van der Waals surface area contributed by atoms with Gasteiger partial charge in [0.1, 0.15) is 11.8 Å². The molecule has 8 heteroatoms. The van der Waals surface area contributed by atoms with Crippen LogP contribution in [0.4, 0.5) is 0 Å². The van der Waals surface area contributed by atoms with Crippen molar-refractivity contribution in [1.29, 1.82) is 0 Å². The van der Waals surface area contributed by atoms with Gasteiger partial charge in [-0.25, -0.2) is 0 Å². The molecule has 0 aromatic heterocycles. The second kappa shape index (κ2) is 6.47. The van der Waals surface area contributed by atoms with E-state index in [2.05, 4.69) is 10.6 Å². The normalized spacial score (nSPS) is 17.0. The molecule has 2 N–H and O–H groups in total. The monoisotopic (exact) mass is 356 g/mol. The number of carbonyl (C=O) groups is 6. The number of hydrogen-bond donors (Lipinski definition) is 2. The molecule has 1 aromatic rings. The lowest BCUT2D eigenvalue weighted by Gasteiger charge is -2.05. The summed E-state index contributed by atoms with van der Waals surface area (Å²) in [5, 5.41) is 5.19. The van der Waals surface area contributed by atoms with Crippen LogP contribution in [-0.4, -0.2) is 61.9 Å². The molecule has 0 unspecified atom stereocenters. The summed E-state index contributed by atoms with van der Waals surface area (Å²) < 4.78 is 0. The standard InChI is InChI=1S/C18H16N2O6/c1-19-5-11(21)13-15(23)7-3-9-10(4-8(7)16(13)24)18(26)14(17(9)25)12(22)6-20-2/h3-4,13-14,19-20H,5-6H2,1-2H3. The molecule has 0 bridgehead atoms. The fraction of sp³-hybridized carbons (Fsp3) is 0.333. The molecule has 0 amide bonds. The van der Waals surface area contributed by atoms with Crippen LogP contribution < -0.4 is 10.6 Å². The first-order valence-corrected chi connectivity index (χ1v) is 8.03. The molecule has 3 rings (SSSR count). The van der Waals surface area contributed by atoms with Crippen LogP contribution in [0.5, 0.6) is 0 Å². The highest BCUT2D eigenvalue weighted by atomic mass is 16.2. The van der Waals surface area contributed by atoms with E-state index in [0.717, 1.165) is 0 Å². The lowest BCUT2D eigenvalue weighted by Crippen LogP contribution is -2.33. The number of benzene rings is 1. The minimum Gasteiger partial charge on any atom is -0.313 e. The first-order valence-electron chi connectivity index (χ1n) is 8.03. The quantitative estimate of drug-likeness (QED) is 0.638. The van der Waals surface area contributed by atoms with E-state index in [1.807, 2.05) is 0 Å². The minimum atomic E-state index is -1.45. The van der Waals surface area contributed by atoms with E-state index in [1.165, 1.54) is 26.2 Å². The predicted octanol–water partition coefficient (Wildman–Crippen LogP) is -0.746. The van der Waals surface area contributed by atoms with Crippen LogP contribution in [0.2, 0.25) is 0 Å². The SMILES string of the molecule is CNCC(=O)C1C(=O)c2cc3c(cc2C1=O)C(=O)C(C(=O)CNC)C3=O. The van der Waals surface area contributed by atoms with Gasteiger partial charge in [0.2, 0.25) is 0 Å². The van der Waals surface area contributed by atoms with E-state index in [9.17, 15) is 28.8 Å². The van der Waals surface area contributed by atoms with Gasteiger partial charge >= 0.3 is 0 Å². The fourth-order valence-electron chi connectivity index (χ4n) is 3.41. The topological polar surface area (TPSA) is 126 Å². The number of ketones is 6.